The lowest BCUT2D eigenvalue weighted by Gasteiger charge is -2.14. The number of rotatable bonds is 8. The Morgan fingerprint density at radius 1 is 1.11 bits per heavy atom. The Bertz CT molecular complexity index is 884. The van der Waals surface area contributed by atoms with E-state index in [9.17, 15) is 28.5 Å². The van der Waals surface area contributed by atoms with Crippen molar-refractivity contribution in [1.29, 1.82) is 0 Å². The van der Waals surface area contributed by atoms with Gasteiger partial charge in [0.25, 0.3) is 5.69 Å². The van der Waals surface area contributed by atoms with Gasteiger partial charge in [0.2, 0.25) is 5.78 Å². The second-order valence-electron chi connectivity index (χ2n) is 5.46. The molecular weight excluding hydrogens is 380 g/mol. The van der Waals surface area contributed by atoms with Crippen LogP contribution in [0.4, 0.5) is 14.5 Å². The van der Waals surface area contributed by atoms with Crippen LogP contribution >= 0.6 is 0 Å². The zero-order chi connectivity index (χ0) is 20.8. The summed E-state index contributed by atoms with van der Waals surface area (Å²) < 4.78 is 38.6. The van der Waals surface area contributed by atoms with E-state index in [0.717, 1.165) is 12.1 Å². The van der Waals surface area contributed by atoms with Crippen molar-refractivity contribution in [2.45, 2.75) is 19.6 Å². The van der Waals surface area contributed by atoms with E-state index in [1.807, 2.05) is 0 Å². The number of non-ortho nitro benzene ring substituents is 1. The van der Waals surface area contributed by atoms with Crippen molar-refractivity contribution < 1.29 is 37.5 Å². The Morgan fingerprint density at radius 2 is 1.75 bits per heavy atom. The molecule has 0 aliphatic heterocycles. The van der Waals surface area contributed by atoms with Gasteiger partial charge in [-0.3, -0.25) is 14.9 Å². The Hall–Kier alpha value is -3.56. The number of ketones is 1. The van der Waals surface area contributed by atoms with Gasteiger partial charge in [-0.15, -0.1) is 0 Å². The van der Waals surface area contributed by atoms with E-state index >= 15 is 0 Å². The number of ether oxygens (including phenoxy) is 3. The number of alkyl halides is 2. The first-order chi connectivity index (χ1) is 13.2. The van der Waals surface area contributed by atoms with Crippen molar-refractivity contribution in [2.24, 2.45) is 0 Å². The zero-order valence-electron chi connectivity index (χ0n) is 14.8. The molecule has 0 fully saturated rings. The monoisotopic (exact) mass is 395 g/mol. The van der Waals surface area contributed by atoms with Crippen LogP contribution < -0.4 is 9.47 Å². The van der Waals surface area contributed by atoms with E-state index in [-0.39, 0.29) is 28.3 Å². The highest BCUT2D eigenvalue weighted by Crippen LogP contribution is 2.25. The fourth-order valence-electron chi connectivity index (χ4n) is 2.28. The fraction of sp³-hybridized carbons (Fsp3) is 0.222. The first-order valence-electron chi connectivity index (χ1n) is 7.85. The molecule has 148 valence electrons. The van der Waals surface area contributed by atoms with Crippen LogP contribution in [0.5, 0.6) is 11.5 Å². The van der Waals surface area contributed by atoms with Crippen LogP contribution in [-0.4, -0.2) is 36.5 Å². The maximum Gasteiger partial charge on any atom is 0.387 e. The number of methoxy groups -OCH3 is 1. The fourth-order valence-corrected chi connectivity index (χ4v) is 2.28. The van der Waals surface area contributed by atoms with Crippen LogP contribution in [0, 0.1) is 10.1 Å². The van der Waals surface area contributed by atoms with Gasteiger partial charge in [-0.05, 0) is 37.3 Å². The smallest absolute Gasteiger partial charge is 0.387 e. The Balaban J connectivity index is 2.14. The van der Waals surface area contributed by atoms with Gasteiger partial charge in [0.1, 0.15) is 17.1 Å². The van der Waals surface area contributed by atoms with Crippen molar-refractivity contribution >= 4 is 17.4 Å². The Kier molecular flexibility index (Phi) is 6.59. The van der Waals surface area contributed by atoms with Gasteiger partial charge in [-0.1, -0.05) is 0 Å². The number of benzene rings is 2. The van der Waals surface area contributed by atoms with Crippen LogP contribution in [0.25, 0.3) is 0 Å². The van der Waals surface area contributed by atoms with Crippen LogP contribution in [0.2, 0.25) is 0 Å². The number of nitro benzene ring substituents is 1. The number of nitro groups is 1. The van der Waals surface area contributed by atoms with E-state index in [1.165, 1.54) is 44.4 Å². The third-order valence-electron chi connectivity index (χ3n) is 3.63. The SMILES string of the molecule is COc1ccc([N+](=O)[O-])cc1C(=O)O[C@@H](C)C(=O)c1ccc(OC(F)F)cc1. The van der Waals surface area contributed by atoms with Gasteiger partial charge in [-0.25, -0.2) is 4.79 Å². The van der Waals surface area contributed by atoms with E-state index in [2.05, 4.69) is 4.74 Å². The molecule has 2 aromatic rings. The van der Waals surface area contributed by atoms with Crippen molar-refractivity contribution in [3.8, 4) is 11.5 Å². The lowest BCUT2D eigenvalue weighted by Crippen LogP contribution is -2.24. The van der Waals surface area contributed by atoms with Gasteiger partial charge in [0, 0.05) is 17.7 Å². The summed E-state index contributed by atoms with van der Waals surface area (Å²) in [6.07, 6.45) is -1.24. The number of hydrogen-bond donors (Lipinski definition) is 0. The highest BCUT2D eigenvalue weighted by molar-refractivity contribution is 6.02. The minimum atomic E-state index is -2.99. The van der Waals surface area contributed by atoms with Gasteiger partial charge in [0.05, 0.1) is 12.0 Å². The summed E-state index contributed by atoms with van der Waals surface area (Å²) >= 11 is 0. The molecule has 2 aromatic carbocycles. The largest absolute Gasteiger partial charge is 0.496 e. The Morgan fingerprint density at radius 3 is 2.29 bits per heavy atom. The molecule has 28 heavy (non-hydrogen) atoms. The van der Waals surface area contributed by atoms with E-state index in [1.54, 1.807) is 0 Å². The van der Waals surface area contributed by atoms with Crippen molar-refractivity contribution in [1.82, 2.24) is 0 Å². The van der Waals surface area contributed by atoms with Crippen molar-refractivity contribution in [3.05, 3.63) is 63.7 Å². The summed E-state index contributed by atoms with van der Waals surface area (Å²) in [6.45, 7) is -1.68. The number of halogens is 2. The van der Waals surface area contributed by atoms with E-state index < -0.39 is 29.4 Å². The normalized spacial score (nSPS) is 11.6. The molecule has 2 rings (SSSR count). The van der Waals surface area contributed by atoms with Crippen LogP contribution in [0.1, 0.15) is 27.6 Å². The Labute approximate surface area is 157 Å². The van der Waals surface area contributed by atoms with Gasteiger partial charge in [0.15, 0.2) is 6.10 Å². The van der Waals surface area contributed by atoms with Crippen molar-refractivity contribution in [3.63, 3.8) is 0 Å². The molecule has 0 aliphatic carbocycles. The molecule has 10 heteroatoms. The van der Waals surface area contributed by atoms with Gasteiger partial charge >= 0.3 is 12.6 Å². The lowest BCUT2D eigenvalue weighted by atomic mass is 10.1. The first kappa shape index (κ1) is 20.7. The molecule has 0 saturated carbocycles. The van der Waals surface area contributed by atoms with Crippen LogP contribution in [0.3, 0.4) is 0 Å². The number of carbonyl (C=O) groups is 2. The number of Topliss-reactive ketones (excluding diaryl/α,β-unsaturated/α-hetero) is 1. The highest BCUT2D eigenvalue weighted by Gasteiger charge is 2.24. The van der Waals surface area contributed by atoms with Crippen LogP contribution in [0.15, 0.2) is 42.5 Å². The van der Waals surface area contributed by atoms with E-state index in [0.29, 0.717) is 0 Å². The summed E-state index contributed by atoms with van der Waals surface area (Å²) in [4.78, 5) is 34.9. The second kappa shape index (κ2) is 8.89. The molecule has 0 bridgehead atoms. The number of hydrogen-bond acceptors (Lipinski definition) is 7. The molecule has 0 N–H and O–H groups in total. The molecule has 0 saturated heterocycles. The van der Waals surface area contributed by atoms with Gasteiger partial charge in [-0.2, -0.15) is 8.78 Å². The summed E-state index contributed by atoms with van der Waals surface area (Å²) in [5.74, 6) is -1.67. The maximum atomic E-state index is 12.4. The minimum absolute atomic E-state index is 0.0451. The number of nitrogens with zero attached hydrogens (tertiary/aromatic N) is 1. The number of carbonyl (C=O) groups excluding carboxylic acids is 2. The summed E-state index contributed by atoms with van der Waals surface area (Å²) in [7, 11) is 1.27. The summed E-state index contributed by atoms with van der Waals surface area (Å²) in [5.41, 5.74) is -0.452. The molecule has 0 aromatic heterocycles. The summed E-state index contributed by atoms with van der Waals surface area (Å²) in [5, 5.41) is 10.9. The highest BCUT2D eigenvalue weighted by atomic mass is 19.3. The zero-order valence-corrected chi connectivity index (χ0v) is 14.8. The molecule has 0 aliphatic rings. The standard InChI is InChI=1S/C18H15F2NO7/c1-10(16(22)11-3-6-13(7-4-11)28-18(19)20)27-17(23)14-9-12(21(24)25)5-8-15(14)26-2/h3-10,18H,1-2H3/t10-/m0/s1. The molecule has 0 spiro atoms. The average Bonchev–Trinajstić information content (AvgIpc) is 2.66. The molecule has 0 heterocycles. The predicted octanol–water partition coefficient (Wildman–Crippen LogP) is 3.63. The number of esters is 1. The first-order valence-corrected chi connectivity index (χ1v) is 7.85. The average molecular weight is 395 g/mol. The lowest BCUT2D eigenvalue weighted by molar-refractivity contribution is -0.384. The van der Waals surface area contributed by atoms with E-state index in [4.69, 9.17) is 9.47 Å². The van der Waals surface area contributed by atoms with Crippen LogP contribution in [-0.2, 0) is 4.74 Å². The van der Waals surface area contributed by atoms with Crippen molar-refractivity contribution in [2.75, 3.05) is 7.11 Å². The topological polar surface area (TPSA) is 105 Å². The molecule has 8 nitrogen and oxygen atoms in total. The summed E-state index contributed by atoms with van der Waals surface area (Å²) in [6, 6.07) is 8.23. The third-order valence-corrected chi connectivity index (χ3v) is 3.63. The molecule has 0 radical (unpaired) electrons. The molecule has 1 atom stereocenters. The maximum absolute atomic E-state index is 12.4. The second-order valence-corrected chi connectivity index (χ2v) is 5.46. The quantitative estimate of drug-likeness (QED) is 0.291. The van der Waals surface area contributed by atoms with Gasteiger partial charge < -0.3 is 14.2 Å². The molecular formula is C18H15F2NO7. The third kappa shape index (κ3) is 5.00. The molecule has 0 unspecified atom stereocenters. The molecule has 0 amide bonds. The minimum Gasteiger partial charge on any atom is -0.496 e. The predicted molar refractivity (Wildman–Crippen MR) is 91.9 cm³/mol.